The fourth-order valence-corrected chi connectivity index (χ4v) is 6.02. The zero-order valence-electron chi connectivity index (χ0n) is 19.7. The Morgan fingerprint density at radius 1 is 1.12 bits per heavy atom. The summed E-state index contributed by atoms with van der Waals surface area (Å²) in [4.78, 5) is 18.0. The maximum atomic E-state index is 13.4. The average Bonchev–Trinajstić information content (AvgIpc) is 3.28. The Bertz CT molecular complexity index is 1280. The quantitative estimate of drug-likeness (QED) is 0.557. The van der Waals surface area contributed by atoms with Crippen molar-refractivity contribution in [2.75, 3.05) is 20.2 Å². The number of carbonyl (C=O) groups is 1. The maximum Gasteiger partial charge on any atom is 0.252 e. The van der Waals surface area contributed by atoms with E-state index >= 15 is 0 Å². The van der Waals surface area contributed by atoms with Crippen LogP contribution in [0.15, 0.2) is 59.8 Å². The third-order valence-corrected chi connectivity index (χ3v) is 8.24. The Labute approximate surface area is 200 Å². The molecule has 1 aliphatic rings. The third-order valence-electron chi connectivity index (χ3n) is 6.20. The molecule has 3 aromatic rings. The lowest BCUT2D eigenvalue weighted by atomic mass is 10.0. The molecule has 0 bridgehead atoms. The van der Waals surface area contributed by atoms with Gasteiger partial charge in [0.25, 0.3) is 5.91 Å². The molecule has 2 heterocycles. The van der Waals surface area contributed by atoms with Crippen LogP contribution in [0, 0.1) is 6.92 Å². The number of piperidine rings is 1. The lowest BCUT2D eigenvalue weighted by molar-refractivity contribution is 0.0941. The van der Waals surface area contributed by atoms with Crippen molar-refractivity contribution in [1.29, 1.82) is 0 Å². The van der Waals surface area contributed by atoms with E-state index < -0.39 is 16.1 Å². The number of hydrogen-bond donors (Lipinski definition) is 1. The Morgan fingerprint density at radius 2 is 1.88 bits per heavy atom. The molecule has 0 saturated carbocycles. The summed E-state index contributed by atoms with van der Waals surface area (Å²) in [6, 6.07) is 11.7. The number of carbonyl (C=O) groups excluding carboxylic acids is 1. The highest BCUT2D eigenvalue weighted by Gasteiger charge is 2.29. The third kappa shape index (κ3) is 4.85. The minimum Gasteiger partial charge on any atom is -0.497 e. The van der Waals surface area contributed by atoms with Crippen molar-refractivity contribution in [2.24, 2.45) is 7.05 Å². The number of ether oxygens (including phenoxy) is 1. The molecular formula is C25H30N4O4S. The van der Waals surface area contributed by atoms with Crippen LogP contribution in [0.4, 0.5) is 0 Å². The first-order valence-corrected chi connectivity index (χ1v) is 12.8. The molecule has 1 saturated heterocycles. The number of benzene rings is 2. The normalized spacial score (nSPS) is 15.6. The highest BCUT2D eigenvalue weighted by molar-refractivity contribution is 7.89. The fourth-order valence-electron chi connectivity index (χ4n) is 4.25. The molecule has 1 atom stereocenters. The summed E-state index contributed by atoms with van der Waals surface area (Å²) in [6.45, 7) is 2.77. The number of hydrogen-bond acceptors (Lipinski definition) is 5. The molecule has 2 aromatic carbocycles. The first-order chi connectivity index (χ1) is 16.3. The molecule has 0 aliphatic carbocycles. The number of nitrogens with zero attached hydrogens (tertiary/aromatic N) is 3. The standard InChI is InChI=1S/C25H30N4O4S/c1-18-10-11-20(17-22(18)34(31,32)29-13-5-4-6-14-29)25(30)27-23(24-26-12-15-28(24)2)19-8-7-9-21(16-19)33-3/h7-12,15-17,23H,4-6,13-14H2,1-3H3,(H,27,30)/t23-/m1/s1. The number of nitrogens with one attached hydrogen (secondary N) is 1. The second-order valence-electron chi connectivity index (χ2n) is 8.52. The number of amides is 1. The van der Waals surface area contributed by atoms with Crippen molar-refractivity contribution in [3.8, 4) is 5.75 Å². The van der Waals surface area contributed by atoms with E-state index in [4.69, 9.17) is 4.74 Å². The van der Waals surface area contributed by atoms with Gasteiger partial charge in [0.2, 0.25) is 10.0 Å². The van der Waals surface area contributed by atoms with E-state index in [9.17, 15) is 13.2 Å². The minimum atomic E-state index is -3.67. The summed E-state index contributed by atoms with van der Waals surface area (Å²) < 4.78 is 35.3. The van der Waals surface area contributed by atoms with E-state index in [1.807, 2.05) is 42.1 Å². The summed E-state index contributed by atoms with van der Waals surface area (Å²) in [5.74, 6) is 0.928. The highest BCUT2D eigenvalue weighted by atomic mass is 32.2. The smallest absolute Gasteiger partial charge is 0.252 e. The van der Waals surface area contributed by atoms with E-state index in [-0.39, 0.29) is 16.4 Å². The van der Waals surface area contributed by atoms with Crippen molar-refractivity contribution in [2.45, 2.75) is 37.1 Å². The van der Waals surface area contributed by atoms with Gasteiger partial charge in [-0.15, -0.1) is 0 Å². The van der Waals surface area contributed by atoms with Gasteiger partial charge >= 0.3 is 0 Å². The van der Waals surface area contributed by atoms with E-state index in [0.29, 0.717) is 30.2 Å². The fraction of sp³-hybridized carbons (Fsp3) is 0.360. The van der Waals surface area contributed by atoms with Crippen molar-refractivity contribution >= 4 is 15.9 Å². The number of methoxy groups -OCH3 is 1. The molecule has 1 amide bonds. The number of aromatic nitrogens is 2. The Balaban J connectivity index is 1.67. The van der Waals surface area contributed by atoms with Gasteiger partial charge in [0.15, 0.2) is 0 Å². The lowest BCUT2D eigenvalue weighted by Gasteiger charge is -2.26. The minimum absolute atomic E-state index is 0.178. The molecule has 0 unspecified atom stereocenters. The topological polar surface area (TPSA) is 93.5 Å². The van der Waals surface area contributed by atoms with Crippen LogP contribution in [-0.2, 0) is 17.1 Å². The molecule has 1 aromatic heterocycles. The molecule has 8 nitrogen and oxygen atoms in total. The van der Waals surface area contributed by atoms with Crippen molar-refractivity contribution in [3.63, 3.8) is 0 Å². The van der Waals surface area contributed by atoms with Crippen LogP contribution in [0.1, 0.15) is 52.6 Å². The first-order valence-electron chi connectivity index (χ1n) is 11.3. The zero-order valence-corrected chi connectivity index (χ0v) is 20.5. The second kappa shape index (κ2) is 9.99. The number of sulfonamides is 1. The number of imidazole rings is 1. The van der Waals surface area contributed by atoms with Gasteiger partial charge in [-0.05, 0) is 55.2 Å². The maximum absolute atomic E-state index is 13.4. The lowest BCUT2D eigenvalue weighted by Crippen LogP contribution is -2.36. The van der Waals surface area contributed by atoms with Gasteiger partial charge in [-0.3, -0.25) is 4.79 Å². The van der Waals surface area contributed by atoms with Crippen LogP contribution in [0.2, 0.25) is 0 Å². The van der Waals surface area contributed by atoms with Crippen LogP contribution >= 0.6 is 0 Å². The highest BCUT2D eigenvalue weighted by Crippen LogP contribution is 2.27. The predicted octanol–water partition coefficient (Wildman–Crippen LogP) is 3.43. The molecule has 1 N–H and O–H groups in total. The van der Waals surface area contributed by atoms with Crippen molar-refractivity contribution < 1.29 is 17.9 Å². The number of rotatable bonds is 7. The van der Waals surface area contributed by atoms with Gasteiger partial charge in [-0.1, -0.05) is 24.6 Å². The monoisotopic (exact) mass is 482 g/mol. The molecule has 1 fully saturated rings. The molecular weight excluding hydrogens is 452 g/mol. The van der Waals surface area contributed by atoms with Crippen LogP contribution in [0.3, 0.4) is 0 Å². The van der Waals surface area contributed by atoms with E-state index in [0.717, 1.165) is 24.8 Å². The molecule has 34 heavy (non-hydrogen) atoms. The van der Waals surface area contributed by atoms with Gasteiger partial charge in [0.1, 0.15) is 17.6 Å². The molecule has 4 rings (SSSR count). The van der Waals surface area contributed by atoms with Crippen LogP contribution in [-0.4, -0.2) is 48.4 Å². The Kier molecular flexibility index (Phi) is 7.04. The number of aryl methyl sites for hydroxylation is 2. The summed E-state index contributed by atoms with van der Waals surface area (Å²) >= 11 is 0. The molecule has 0 radical (unpaired) electrons. The molecule has 9 heteroatoms. The first kappa shape index (κ1) is 24.0. The van der Waals surface area contributed by atoms with E-state index in [1.54, 1.807) is 32.4 Å². The van der Waals surface area contributed by atoms with Crippen LogP contribution in [0.25, 0.3) is 0 Å². The largest absolute Gasteiger partial charge is 0.497 e. The van der Waals surface area contributed by atoms with Gasteiger partial charge in [-0.25, -0.2) is 13.4 Å². The summed E-state index contributed by atoms with van der Waals surface area (Å²) in [7, 11) is -0.223. The van der Waals surface area contributed by atoms with Crippen LogP contribution in [0.5, 0.6) is 5.75 Å². The van der Waals surface area contributed by atoms with Gasteiger partial charge < -0.3 is 14.6 Å². The van der Waals surface area contributed by atoms with Gasteiger partial charge in [-0.2, -0.15) is 4.31 Å². The Hall–Kier alpha value is -3.17. The van der Waals surface area contributed by atoms with Crippen molar-refractivity contribution in [1.82, 2.24) is 19.2 Å². The van der Waals surface area contributed by atoms with Gasteiger partial charge in [0, 0.05) is 38.1 Å². The molecule has 1 aliphatic heterocycles. The van der Waals surface area contributed by atoms with Gasteiger partial charge in [0.05, 0.1) is 12.0 Å². The Morgan fingerprint density at radius 3 is 2.56 bits per heavy atom. The van der Waals surface area contributed by atoms with Crippen molar-refractivity contribution in [3.05, 3.63) is 77.4 Å². The molecule has 0 spiro atoms. The van der Waals surface area contributed by atoms with Crippen LogP contribution < -0.4 is 10.1 Å². The summed E-state index contributed by atoms with van der Waals surface area (Å²) in [5, 5.41) is 3.04. The zero-order chi connectivity index (χ0) is 24.3. The van der Waals surface area contributed by atoms with E-state index in [2.05, 4.69) is 10.3 Å². The average molecular weight is 483 g/mol. The summed E-state index contributed by atoms with van der Waals surface area (Å²) in [5.41, 5.74) is 1.70. The summed E-state index contributed by atoms with van der Waals surface area (Å²) in [6.07, 6.45) is 6.22. The second-order valence-corrected chi connectivity index (χ2v) is 10.4. The predicted molar refractivity (Wildman–Crippen MR) is 129 cm³/mol. The SMILES string of the molecule is COc1cccc([C@@H](NC(=O)c2ccc(C)c(S(=O)(=O)N3CCCCC3)c2)c2nccn2C)c1. The van der Waals surface area contributed by atoms with E-state index in [1.165, 1.54) is 10.4 Å². The molecule has 180 valence electrons.